The maximum atomic E-state index is 11.3. The van der Waals surface area contributed by atoms with Crippen molar-refractivity contribution in [3.63, 3.8) is 0 Å². The van der Waals surface area contributed by atoms with Crippen LogP contribution < -0.4 is 4.74 Å². The molecule has 0 saturated heterocycles. The number of halogens is 1. The third-order valence-corrected chi connectivity index (χ3v) is 4.23. The summed E-state index contributed by atoms with van der Waals surface area (Å²) in [4.78, 5) is 15.7. The highest BCUT2D eigenvalue weighted by atomic mass is 35.5. The predicted octanol–water partition coefficient (Wildman–Crippen LogP) is 4.28. The minimum atomic E-state index is -0.288. The van der Waals surface area contributed by atoms with Gasteiger partial charge in [-0.3, -0.25) is 14.5 Å². The molecule has 1 aromatic carbocycles. The number of nitrogens with zero attached hydrogens (tertiary/aromatic N) is 3. The number of phenolic OH excluding ortho intramolecular Hbond substituents is 1. The summed E-state index contributed by atoms with van der Waals surface area (Å²) < 4.78 is 7.66. The van der Waals surface area contributed by atoms with E-state index in [9.17, 15) is 9.90 Å². The van der Waals surface area contributed by atoms with Crippen LogP contribution in [0.1, 0.15) is 35.8 Å². The first-order chi connectivity index (χ1) is 12.5. The maximum Gasteiger partial charge on any atom is 0.157 e. The van der Waals surface area contributed by atoms with E-state index < -0.39 is 0 Å². The minimum Gasteiger partial charge on any atom is -0.505 e. The van der Waals surface area contributed by atoms with Crippen LogP contribution in [0.3, 0.4) is 0 Å². The highest BCUT2D eigenvalue weighted by Gasteiger charge is 2.16. The molecule has 0 bridgehead atoms. The van der Waals surface area contributed by atoms with Crippen molar-refractivity contribution in [3.05, 3.63) is 58.9 Å². The van der Waals surface area contributed by atoms with Gasteiger partial charge in [0.05, 0.1) is 22.0 Å². The number of aromatic hydroxyl groups is 1. The molecule has 0 saturated carbocycles. The number of hydrogen-bond acceptors (Lipinski definition) is 5. The third-order valence-electron chi connectivity index (χ3n) is 3.92. The largest absolute Gasteiger partial charge is 0.505 e. The first-order valence-electron chi connectivity index (χ1n) is 8.10. The highest BCUT2D eigenvalue weighted by molar-refractivity contribution is 6.32. The van der Waals surface area contributed by atoms with E-state index in [-0.39, 0.29) is 34.7 Å². The van der Waals surface area contributed by atoms with Crippen LogP contribution in [0, 0.1) is 0 Å². The van der Waals surface area contributed by atoms with Crippen LogP contribution in [0.2, 0.25) is 5.02 Å². The predicted molar refractivity (Wildman–Crippen MR) is 98.7 cm³/mol. The van der Waals surface area contributed by atoms with Gasteiger partial charge >= 0.3 is 0 Å². The Morgan fingerprint density at radius 2 is 2.08 bits per heavy atom. The lowest BCUT2D eigenvalue weighted by Gasteiger charge is -2.15. The molecule has 134 valence electrons. The summed E-state index contributed by atoms with van der Waals surface area (Å²) in [6.45, 7) is 4.26. The summed E-state index contributed by atoms with van der Waals surface area (Å²) >= 11 is 5.84. The normalized spacial score (nSPS) is 10.9. The number of rotatable bonds is 6. The van der Waals surface area contributed by atoms with Crippen molar-refractivity contribution in [1.29, 1.82) is 0 Å². The summed E-state index contributed by atoms with van der Waals surface area (Å²) in [5, 5.41) is 14.4. The quantitative estimate of drug-likeness (QED) is 0.654. The van der Waals surface area contributed by atoms with Crippen LogP contribution in [0.25, 0.3) is 11.4 Å². The van der Waals surface area contributed by atoms with Gasteiger partial charge in [0.25, 0.3) is 0 Å². The zero-order valence-electron chi connectivity index (χ0n) is 14.4. The van der Waals surface area contributed by atoms with E-state index in [0.29, 0.717) is 6.29 Å². The van der Waals surface area contributed by atoms with E-state index >= 15 is 0 Å². The smallest absolute Gasteiger partial charge is 0.157 e. The van der Waals surface area contributed by atoms with Crippen molar-refractivity contribution in [2.75, 3.05) is 0 Å². The van der Waals surface area contributed by atoms with E-state index in [4.69, 9.17) is 16.3 Å². The third kappa shape index (κ3) is 3.41. The second-order valence-electron chi connectivity index (χ2n) is 5.98. The molecular weight excluding hydrogens is 354 g/mol. The van der Waals surface area contributed by atoms with Gasteiger partial charge in [0.1, 0.15) is 18.1 Å². The van der Waals surface area contributed by atoms with Gasteiger partial charge in [-0.05, 0) is 38.1 Å². The molecule has 3 aromatic rings. The second-order valence-corrected chi connectivity index (χ2v) is 6.39. The van der Waals surface area contributed by atoms with Crippen molar-refractivity contribution >= 4 is 17.9 Å². The van der Waals surface area contributed by atoms with E-state index in [0.717, 1.165) is 17.0 Å². The Morgan fingerprint density at radius 1 is 1.27 bits per heavy atom. The van der Waals surface area contributed by atoms with Crippen LogP contribution >= 0.6 is 11.6 Å². The molecule has 0 radical (unpaired) electrons. The van der Waals surface area contributed by atoms with Crippen molar-refractivity contribution < 1.29 is 14.6 Å². The van der Waals surface area contributed by atoms with Gasteiger partial charge in [-0.1, -0.05) is 17.7 Å². The Hall–Kier alpha value is -2.86. The lowest BCUT2D eigenvalue weighted by molar-refractivity contribution is 0.111. The van der Waals surface area contributed by atoms with Crippen molar-refractivity contribution in [3.8, 4) is 22.9 Å². The molecule has 2 heterocycles. The lowest BCUT2D eigenvalue weighted by Crippen LogP contribution is -2.08. The highest BCUT2D eigenvalue weighted by Crippen LogP contribution is 2.34. The fourth-order valence-corrected chi connectivity index (χ4v) is 2.82. The summed E-state index contributed by atoms with van der Waals surface area (Å²) in [6, 6.07) is 8.84. The molecule has 7 heteroatoms. The monoisotopic (exact) mass is 371 g/mol. The van der Waals surface area contributed by atoms with E-state index in [1.165, 1.54) is 6.07 Å². The Balaban J connectivity index is 1.92. The lowest BCUT2D eigenvalue weighted by atomic mass is 10.1. The molecule has 0 spiro atoms. The van der Waals surface area contributed by atoms with Gasteiger partial charge < -0.3 is 9.84 Å². The summed E-state index contributed by atoms with van der Waals surface area (Å²) in [5.74, 6) is -0.0301. The number of carbonyl (C=O) groups is 1. The molecular formula is C19H18ClN3O3. The Bertz CT molecular complexity index is 938. The first-order valence-corrected chi connectivity index (χ1v) is 8.48. The van der Waals surface area contributed by atoms with Gasteiger partial charge in [0.2, 0.25) is 0 Å². The van der Waals surface area contributed by atoms with Crippen LogP contribution in [-0.2, 0) is 6.61 Å². The fourth-order valence-electron chi connectivity index (χ4n) is 2.66. The zero-order chi connectivity index (χ0) is 18.7. The van der Waals surface area contributed by atoms with Gasteiger partial charge in [-0.15, -0.1) is 0 Å². The maximum absolute atomic E-state index is 11.3. The molecule has 0 aliphatic rings. The average molecular weight is 372 g/mol. The summed E-state index contributed by atoms with van der Waals surface area (Å²) in [6.07, 6.45) is 3.96. The molecule has 0 amide bonds. The Morgan fingerprint density at radius 3 is 2.81 bits per heavy atom. The number of benzene rings is 1. The number of carbonyl (C=O) groups excluding carboxylic acids is 1. The van der Waals surface area contributed by atoms with Gasteiger partial charge in [0.15, 0.2) is 6.29 Å². The molecule has 0 aliphatic carbocycles. The van der Waals surface area contributed by atoms with Crippen molar-refractivity contribution in [2.24, 2.45) is 0 Å². The van der Waals surface area contributed by atoms with E-state index in [1.54, 1.807) is 18.5 Å². The van der Waals surface area contributed by atoms with Crippen LogP contribution in [0.5, 0.6) is 11.5 Å². The Labute approximate surface area is 156 Å². The van der Waals surface area contributed by atoms with Crippen LogP contribution in [0.4, 0.5) is 0 Å². The molecule has 6 nitrogen and oxygen atoms in total. The SMILES string of the molecule is CC(C)n1nccc1-c1ncccc1COc1ccc(Cl)c(O)c1C=O. The number of ether oxygens (including phenoxy) is 1. The first kappa shape index (κ1) is 17.9. The van der Waals surface area contributed by atoms with Crippen molar-refractivity contribution in [1.82, 2.24) is 14.8 Å². The Kier molecular flexibility index (Phi) is 5.23. The van der Waals surface area contributed by atoms with Crippen molar-refractivity contribution in [2.45, 2.75) is 26.5 Å². The average Bonchev–Trinajstić information content (AvgIpc) is 3.13. The van der Waals surface area contributed by atoms with Gasteiger partial charge in [-0.25, -0.2) is 0 Å². The number of pyridine rings is 1. The molecule has 26 heavy (non-hydrogen) atoms. The van der Waals surface area contributed by atoms with E-state index in [2.05, 4.69) is 10.1 Å². The fraction of sp³-hybridized carbons (Fsp3) is 0.211. The zero-order valence-corrected chi connectivity index (χ0v) is 15.1. The minimum absolute atomic E-state index is 0.0233. The molecule has 0 aliphatic heterocycles. The molecule has 0 unspecified atom stereocenters. The number of phenols is 1. The number of hydrogen-bond donors (Lipinski definition) is 1. The van der Waals surface area contributed by atoms with Crippen LogP contribution in [-0.4, -0.2) is 26.2 Å². The molecule has 1 N–H and O–H groups in total. The summed E-state index contributed by atoms with van der Waals surface area (Å²) in [5.41, 5.74) is 2.50. The molecule has 0 fully saturated rings. The topological polar surface area (TPSA) is 77.2 Å². The summed E-state index contributed by atoms with van der Waals surface area (Å²) in [7, 11) is 0. The van der Waals surface area contributed by atoms with Gasteiger partial charge in [-0.2, -0.15) is 5.10 Å². The molecule has 3 rings (SSSR count). The van der Waals surface area contributed by atoms with Gasteiger partial charge in [0, 0.05) is 24.0 Å². The number of aromatic nitrogens is 3. The standard InChI is InChI=1S/C19H18ClN3O3/c1-12(2)23-16(7-9-22-23)18-13(4-3-8-21-18)11-26-17-6-5-15(20)19(25)14(17)10-24/h3-10,12,25H,11H2,1-2H3. The van der Waals surface area contributed by atoms with E-state index in [1.807, 2.05) is 36.7 Å². The molecule has 2 aromatic heterocycles. The van der Waals surface area contributed by atoms with Crippen LogP contribution in [0.15, 0.2) is 42.7 Å². The second kappa shape index (κ2) is 7.58. The molecule has 0 atom stereocenters. The number of aldehydes is 1.